The molecule has 1 spiro atoms. The van der Waals surface area contributed by atoms with Crippen LogP contribution in [0.15, 0.2) is 16.5 Å². The first-order valence-electron chi connectivity index (χ1n) is 7.09. The lowest BCUT2D eigenvalue weighted by molar-refractivity contribution is 0.0660. The van der Waals surface area contributed by atoms with E-state index in [9.17, 15) is 13.2 Å². The van der Waals surface area contributed by atoms with Crippen molar-refractivity contribution in [2.45, 2.75) is 32.2 Å². The number of nitrogens with zero attached hydrogens (tertiary/aromatic N) is 1. The molecule has 1 aliphatic carbocycles. The zero-order valence-corrected chi connectivity index (χ0v) is 13.1. The molecule has 1 N–H and O–H groups in total. The number of furan rings is 1. The van der Waals surface area contributed by atoms with E-state index in [1.54, 1.807) is 12.1 Å². The van der Waals surface area contributed by atoms with Gasteiger partial charge in [-0.05, 0) is 43.7 Å². The maximum Gasteiger partial charge on any atom is 0.289 e. The fourth-order valence-corrected chi connectivity index (χ4v) is 4.29. The Kier molecular flexibility index (Phi) is 3.37. The third-order valence-corrected chi connectivity index (χ3v) is 5.18. The van der Waals surface area contributed by atoms with E-state index in [0.717, 1.165) is 25.0 Å². The highest BCUT2D eigenvalue weighted by Gasteiger charge is 2.50. The van der Waals surface area contributed by atoms with Crippen molar-refractivity contribution in [2.24, 2.45) is 5.41 Å². The van der Waals surface area contributed by atoms with Crippen LogP contribution in [0.2, 0.25) is 0 Å². The van der Waals surface area contributed by atoms with Gasteiger partial charge in [-0.2, -0.15) is 0 Å². The Balaban J connectivity index is 1.58. The lowest BCUT2D eigenvalue weighted by atomic mass is 9.65. The molecule has 1 saturated heterocycles. The van der Waals surface area contributed by atoms with Crippen LogP contribution in [-0.4, -0.2) is 44.6 Å². The molecule has 21 heavy (non-hydrogen) atoms. The van der Waals surface area contributed by atoms with Crippen molar-refractivity contribution in [3.63, 3.8) is 0 Å². The summed E-state index contributed by atoms with van der Waals surface area (Å²) >= 11 is 0. The Morgan fingerprint density at radius 1 is 1.43 bits per heavy atom. The van der Waals surface area contributed by atoms with Crippen LogP contribution in [0.5, 0.6) is 0 Å². The second-order valence-electron chi connectivity index (χ2n) is 6.38. The van der Waals surface area contributed by atoms with Gasteiger partial charge in [-0.1, -0.05) is 0 Å². The van der Waals surface area contributed by atoms with Gasteiger partial charge < -0.3 is 9.32 Å². The Morgan fingerprint density at radius 2 is 2.14 bits per heavy atom. The summed E-state index contributed by atoms with van der Waals surface area (Å²) in [5.41, 5.74) is 0.0830. The minimum absolute atomic E-state index is 0.0147. The molecule has 2 aliphatic rings. The lowest BCUT2D eigenvalue weighted by Gasteiger charge is -2.44. The molecule has 3 rings (SSSR count). The molecule has 6 nitrogen and oxygen atoms in total. The molecule has 1 aliphatic heterocycles. The summed E-state index contributed by atoms with van der Waals surface area (Å²) in [7, 11) is -3.15. The van der Waals surface area contributed by atoms with Crippen LogP contribution in [0.25, 0.3) is 0 Å². The number of rotatable bonds is 3. The number of hydrogen-bond acceptors (Lipinski definition) is 4. The first kappa shape index (κ1) is 14.6. The third kappa shape index (κ3) is 2.98. The van der Waals surface area contributed by atoms with Gasteiger partial charge in [0.05, 0.1) is 6.26 Å². The first-order valence-corrected chi connectivity index (χ1v) is 8.99. The minimum atomic E-state index is -3.15. The molecular formula is C14H20N2O4S. The van der Waals surface area contributed by atoms with Gasteiger partial charge in [-0.15, -0.1) is 0 Å². The number of aryl methyl sites for hydroxylation is 1. The van der Waals surface area contributed by atoms with Crippen LogP contribution in [0, 0.1) is 12.3 Å². The largest absolute Gasteiger partial charge is 0.456 e. The van der Waals surface area contributed by atoms with Crippen molar-refractivity contribution < 1.29 is 17.6 Å². The molecule has 1 aromatic rings. The highest BCUT2D eigenvalue weighted by molar-refractivity contribution is 7.88. The Labute approximate surface area is 124 Å². The van der Waals surface area contributed by atoms with E-state index in [4.69, 9.17) is 4.42 Å². The normalized spacial score (nSPS) is 28.9. The predicted molar refractivity (Wildman–Crippen MR) is 77.4 cm³/mol. The molecule has 1 amide bonds. The Bertz CT molecular complexity index is 658. The average Bonchev–Trinajstić information content (AvgIpc) is 2.92. The quantitative estimate of drug-likeness (QED) is 0.907. The van der Waals surface area contributed by atoms with Gasteiger partial charge in [-0.3, -0.25) is 4.79 Å². The summed E-state index contributed by atoms with van der Waals surface area (Å²) < 4.78 is 30.4. The highest BCUT2D eigenvalue weighted by Crippen LogP contribution is 2.48. The number of sulfonamides is 1. The van der Waals surface area contributed by atoms with Gasteiger partial charge in [0.15, 0.2) is 5.76 Å². The number of likely N-dealkylation sites (tertiary alicyclic amines) is 1. The molecule has 7 heteroatoms. The number of carbonyl (C=O) groups excluding carboxylic acids is 1. The van der Waals surface area contributed by atoms with Crippen molar-refractivity contribution in [1.82, 2.24) is 9.62 Å². The molecule has 1 aromatic heterocycles. The van der Waals surface area contributed by atoms with Crippen molar-refractivity contribution >= 4 is 15.9 Å². The smallest absolute Gasteiger partial charge is 0.289 e. The van der Waals surface area contributed by atoms with Crippen molar-refractivity contribution in [1.29, 1.82) is 0 Å². The molecular weight excluding hydrogens is 292 g/mol. The first-order chi connectivity index (χ1) is 9.76. The van der Waals surface area contributed by atoms with E-state index < -0.39 is 10.0 Å². The summed E-state index contributed by atoms with van der Waals surface area (Å²) in [6.07, 6.45) is 3.73. The molecule has 2 heterocycles. The van der Waals surface area contributed by atoms with Crippen LogP contribution in [0.1, 0.15) is 35.6 Å². The topological polar surface area (TPSA) is 79.6 Å². The van der Waals surface area contributed by atoms with Crippen LogP contribution < -0.4 is 4.72 Å². The molecule has 116 valence electrons. The Hall–Kier alpha value is -1.34. The zero-order valence-electron chi connectivity index (χ0n) is 12.3. The summed E-state index contributed by atoms with van der Waals surface area (Å²) in [4.78, 5) is 14.1. The van der Waals surface area contributed by atoms with Gasteiger partial charge in [0, 0.05) is 19.1 Å². The van der Waals surface area contributed by atoms with E-state index >= 15 is 0 Å². The molecule has 1 saturated carbocycles. The zero-order chi connectivity index (χ0) is 15.3. The van der Waals surface area contributed by atoms with Gasteiger partial charge >= 0.3 is 0 Å². The summed E-state index contributed by atoms with van der Waals surface area (Å²) in [6.45, 7) is 3.22. The highest BCUT2D eigenvalue weighted by atomic mass is 32.2. The molecule has 0 radical (unpaired) electrons. The van der Waals surface area contributed by atoms with Gasteiger partial charge in [-0.25, -0.2) is 13.1 Å². The molecule has 0 atom stereocenters. The lowest BCUT2D eigenvalue weighted by Crippen LogP contribution is -2.51. The van der Waals surface area contributed by atoms with Crippen LogP contribution in [0.3, 0.4) is 0 Å². The predicted octanol–water partition coefficient (Wildman–Crippen LogP) is 1.13. The Morgan fingerprint density at radius 3 is 2.71 bits per heavy atom. The van der Waals surface area contributed by atoms with E-state index in [2.05, 4.69) is 4.72 Å². The molecule has 0 aromatic carbocycles. The third-order valence-electron chi connectivity index (χ3n) is 4.42. The van der Waals surface area contributed by atoms with Crippen LogP contribution >= 0.6 is 0 Å². The maximum absolute atomic E-state index is 12.3. The number of nitrogens with one attached hydrogen (secondary N) is 1. The summed E-state index contributed by atoms with van der Waals surface area (Å²) in [6, 6.07) is 3.51. The number of carbonyl (C=O) groups is 1. The van der Waals surface area contributed by atoms with E-state index in [1.165, 1.54) is 6.26 Å². The van der Waals surface area contributed by atoms with E-state index in [-0.39, 0.29) is 17.4 Å². The van der Waals surface area contributed by atoms with Crippen molar-refractivity contribution in [3.8, 4) is 0 Å². The maximum atomic E-state index is 12.3. The van der Waals surface area contributed by atoms with Crippen LogP contribution in [0.4, 0.5) is 0 Å². The minimum Gasteiger partial charge on any atom is -0.456 e. The molecule has 2 fully saturated rings. The summed E-state index contributed by atoms with van der Waals surface area (Å²) in [5.74, 6) is 1.04. The number of hydrogen-bond donors (Lipinski definition) is 1. The van der Waals surface area contributed by atoms with Gasteiger partial charge in [0.25, 0.3) is 5.91 Å². The van der Waals surface area contributed by atoms with Gasteiger partial charge in [0.2, 0.25) is 10.0 Å². The van der Waals surface area contributed by atoms with Crippen LogP contribution in [-0.2, 0) is 10.0 Å². The second-order valence-corrected chi connectivity index (χ2v) is 8.16. The fourth-order valence-electron chi connectivity index (χ4n) is 3.52. The second kappa shape index (κ2) is 4.84. The monoisotopic (exact) mass is 312 g/mol. The van der Waals surface area contributed by atoms with Gasteiger partial charge in [0.1, 0.15) is 5.76 Å². The standard InChI is InChI=1S/C14H20N2O4S/c1-10-3-4-12(20-10)13(17)16-6-5-14(9-16)7-11(8-14)15-21(2,18)19/h3-4,11,15H,5-9H2,1-2H3. The average molecular weight is 312 g/mol. The molecule has 0 bridgehead atoms. The number of amides is 1. The SMILES string of the molecule is Cc1ccc(C(=O)N2CCC3(CC(NS(C)(=O)=O)C3)C2)o1. The van der Waals surface area contributed by atoms with Crippen molar-refractivity contribution in [3.05, 3.63) is 23.7 Å². The summed E-state index contributed by atoms with van der Waals surface area (Å²) in [5, 5.41) is 0. The fraction of sp³-hybridized carbons (Fsp3) is 0.643. The van der Waals surface area contributed by atoms with Crippen molar-refractivity contribution in [2.75, 3.05) is 19.3 Å². The van der Waals surface area contributed by atoms with E-state index in [1.807, 2.05) is 11.8 Å². The van der Waals surface area contributed by atoms with E-state index in [0.29, 0.717) is 18.8 Å². The molecule has 0 unspecified atom stereocenters.